The van der Waals surface area contributed by atoms with Crippen molar-refractivity contribution >= 4 is 0 Å². The van der Waals surface area contributed by atoms with E-state index in [-0.39, 0.29) is 5.41 Å². The van der Waals surface area contributed by atoms with Crippen LogP contribution in [0.2, 0.25) is 0 Å². The number of hydrogen-bond donors (Lipinski definition) is 1. The fraction of sp³-hybridized carbons (Fsp3) is 0.562. The molecule has 96 valence electrons. The van der Waals surface area contributed by atoms with Gasteiger partial charge < -0.3 is 5.32 Å². The monoisotopic (exact) mass is 242 g/mol. The second-order valence-electron chi connectivity index (χ2n) is 5.84. The summed E-state index contributed by atoms with van der Waals surface area (Å²) in [4.78, 5) is 0. The topological polar surface area (TPSA) is 35.8 Å². The van der Waals surface area contributed by atoms with Gasteiger partial charge in [0, 0.05) is 13.1 Å². The van der Waals surface area contributed by atoms with Crippen molar-refractivity contribution in [3.63, 3.8) is 0 Å². The quantitative estimate of drug-likeness (QED) is 0.857. The fourth-order valence-corrected chi connectivity index (χ4v) is 2.16. The van der Waals surface area contributed by atoms with E-state index in [0.29, 0.717) is 5.92 Å². The Morgan fingerprint density at radius 2 is 2.11 bits per heavy atom. The van der Waals surface area contributed by atoms with Crippen LogP contribution in [0.4, 0.5) is 0 Å². The third-order valence-corrected chi connectivity index (χ3v) is 3.91. The number of aryl methyl sites for hydroxylation is 1. The van der Waals surface area contributed by atoms with Gasteiger partial charge in [0.15, 0.2) is 0 Å². The Bertz CT molecular complexity index is 464. The summed E-state index contributed by atoms with van der Waals surface area (Å²) in [7, 11) is 0. The van der Waals surface area contributed by atoms with Gasteiger partial charge in [0.25, 0.3) is 0 Å². The lowest BCUT2D eigenvalue weighted by Gasteiger charge is -2.13. The molecule has 0 bridgehead atoms. The maximum absolute atomic E-state index is 9.04. The molecule has 1 aliphatic carbocycles. The zero-order valence-corrected chi connectivity index (χ0v) is 11.6. The zero-order chi connectivity index (χ0) is 13.2. The summed E-state index contributed by atoms with van der Waals surface area (Å²) < 4.78 is 0. The number of rotatable bonds is 5. The molecule has 18 heavy (non-hydrogen) atoms. The standard InChI is InChI=1S/C16H22N2/c1-12(2)14-5-4-13(3)15(8-14)9-18-11-16(10-17)6-7-16/h4-5,8,12,18H,6-7,9,11H2,1-3H3. The maximum atomic E-state index is 9.04. The third kappa shape index (κ3) is 2.91. The minimum absolute atomic E-state index is 0.0520. The molecule has 1 aliphatic rings. The van der Waals surface area contributed by atoms with Crippen molar-refractivity contribution in [3.05, 3.63) is 34.9 Å². The third-order valence-electron chi connectivity index (χ3n) is 3.91. The summed E-state index contributed by atoms with van der Waals surface area (Å²) in [6, 6.07) is 9.12. The number of hydrogen-bond acceptors (Lipinski definition) is 2. The number of nitriles is 1. The molecular weight excluding hydrogens is 220 g/mol. The Morgan fingerprint density at radius 1 is 1.39 bits per heavy atom. The van der Waals surface area contributed by atoms with Crippen LogP contribution in [0.5, 0.6) is 0 Å². The highest BCUT2D eigenvalue weighted by molar-refractivity contribution is 5.32. The molecule has 2 nitrogen and oxygen atoms in total. The molecular formula is C16H22N2. The number of nitrogens with one attached hydrogen (secondary N) is 1. The van der Waals surface area contributed by atoms with E-state index in [4.69, 9.17) is 5.26 Å². The highest BCUT2D eigenvalue weighted by Crippen LogP contribution is 2.44. The van der Waals surface area contributed by atoms with E-state index in [9.17, 15) is 0 Å². The summed E-state index contributed by atoms with van der Waals surface area (Å²) in [5, 5.41) is 12.5. The molecule has 1 aromatic carbocycles. The number of benzene rings is 1. The first-order chi connectivity index (χ1) is 8.56. The van der Waals surface area contributed by atoms with Crippen LogP contribution in [0.3, 0.4) is 0 Å². The van der Waals surface area contributed by atoms with Crippen molar-refractivity contribution in [3.8, 4) is 6.07 Å². The Balaban J connectivity index is 1.96. The van der Waals surface area contributed by atoms with Crippen molar-refractivity contribution in [2.75, 3.05) is 6.54 Å². The van der Waals surface area contributed by atoms with Gasteiger partial charge in [0.2, 0.25) is 0 Å². The van der Waals surface area contributed by atoms with E-state index >= 15 is 0 Å². The van der Waals surface area contributed by atoms with Crippen molar-refractivity contribution in [1.29, 1.82) is 5.26 Å². The van der Waals surface area contributed by atoms with Crippen molar-refractivity contribution in [2.24, 2.45) is 5.41 Å². The van der Waals surface area contributed by atoms with Gasteiger partial charge >= 0.3 is 0 Å². The first-order valence-electron chi connectivity index (χ1n) is 6.78. The molecule has 0 spiro atoms. The minimum atomic E-state index is -0.0520. The minimum Gasteiger partial charge on any atom is -0.311 e. The molecule has 1 N–H and O–H groups in total. The summed E-state index contributed by atoms with van der Waals surface area (Å²) in [5.41, 5.74) is 4.02. The summed E-state index contributed by atoms with van der Waals surface area (Å²) >= 11 is 0. The van der Waals surface area contributed by atoms with Crippen LogP contribution in [-0.2, 0) is 6.54 Å². The van der Waals surface area contributed by atoms with E-state index in [1.165, 1.54) is 16.7 Å². The molecule has 0 aliphatic heterocycles. The predicted molar refractivity (Wildman–Crippen MR) is 74.3 cm³/mol. The van der Waals surface area contributed by atoms with E-state index in [1.54, 1.807) is 0 Å². The molecule has 0 saturated heterocycles. The fourth-order valence-electron chi connectivity index (χ4n) is 2.16. The van der Waals surface area contributed by atoms with Crippen LogP contribution >= 0.6 is 0 Å². The molecule has 1 aromatic rings. The molecule has 2 heteroatoms. The van der Waals surface area contributed by atoms with Gasteiger partial charge in [-0.3, -0.25) is 0 Å². The SMILES string of the molecule is Cc1ccc(C(C)C)cc1CNCC1(C#N)CC1. The van der Waals surface area contributed by atoms with Crippen molar-refractivity contribution in [1.82, 2.24) is 5.32 Å². The number of nitrogens with zero attached hydrogens (tertiary/aromatic N) is 1. The second-order valence-corrected chi connectivity index (χ2v) is 5.84. The van der Waals surface area contributed by atoms with Crippen LogP contribution in [-0.4, -0.2) is 6.54 Å². The van der Waals surface area contributed by atoms with Gasteiger partial charge in [-0.05, 0) is 42.4 Å². The van der Waals surface area contributed by atoms with Crippen LogP contribution in [0, 0.1) is 23.7 Å². The molecule has 2 rings (SSSR count). The maximum Gasteiger partial charge on any atom is 0.0703 e. The first kappa shape index (κ1) is 13.1. The van der Waals surface area contributed by atoms with E-state index < -0.39 is 0 Å². The average Bonchev–Trinajstić information content (AvgIpc) is 3.12. The molecule has 0 radical (unpaired) electrons. The second kappa shape index (κ2) is 5.12. The molecule has 0 aromatic heterocycles. The van der Waals surface area contributed by atoms with E-state index in [1.807, 2.05) is 0 Å². The smallest absolute Gasteiger partial charge is 0.0703 e. The van der Waals surface area contributed by atoms with Crippen molar-refractivity contribution < 1.29 is 0 Å². The molecule has 1 saturated carbocycles. The highest BCUT2D eigenvalue weighted by atomic mass is 14.9. The molecule has 0 amide bonds. The van der Waals surface area contributed by atoms with Crippen LogP contribution < -0.4 is 5.32 Å². The van der Waals surface area contributed by atoms with E-state index in [0.717, 1.165) is 25.9 Å². The van der Waals surface area contributed by atoms with E-state index in [2.05, 4.69) is 50.4 Å². The normalized spacial score (nSPS) is 16.6. The van der Waals surface area contributed by atoms with Crippen molar-refractivity contribution in [2.45, 2.75) is 46.1 Å². The Labute approximate surface area is 110 Å². The summed E-state index contributed by atoms with van der Waals surface area (Å²) in [6.07, 6.45) is 2.11. The lowest BCUT2D eigenvalue weighted by Crippen LogP contribution is -2.23. The molecule has 0 unspecified atom stereocenters. The van der Waals surface area contributed by atoms with Gasteiger partial charge in [-0.1, -0.05) is 32.0 Å². The lowest BCUT2D eigenvalue weighted by atomic mass is 9.97. The molecule has 0 heterocycles. The Hall–Kier alpha value is -1.33. The molecule has 1 fully saturated rings. The van der Waals surface area contributed by atoms with Crippen LogP contribution in [0.25, 0.3) is 0 Å². The summed E-state index contributed by atoms with van der Waals surface area (Å²) in [6.45, 7) is 8.29. The predicted octanol–water partition coefficient (Wildman–Crippen LogP) is 3.51. The molecule has 0 atom stereocenters. The largest absolute Gasteiger partial charge is 0.311 e. The van der Waals surface area contributed by atoms with Gasteiger partial charge in [0.1, 0.15) is 0 Å². The Morgan fingerprint density at radius 3 is 2.67 bits per heavy atom. The van der Waals surface area contributed by atoms with Gasteiger partial charge in [-0.15, -0.1) is 0 Å². The van der Waals surface area contributed by atoms with Crippen LogP contribution in [0.15, 0.2) is 18.2 Å². The van der Waals surface area contributed by atoms with Crippen LogP contribution in [0.1, 0.15) is 49.3 Å². The zero-order valence-electron chi connectivity index (χ0n) is 11.6. The summed E-state index contributed by atoms with van der Waals surface area (Å²) in [5.74, 6) is 0.568. The van der Waals surface area contributed by atoms with Gasteiger partial charge in [-0.25, -0.2) is 0 Å². The van der Waals surface area contributed by atoms with Gasteiger partial charge in [0.05, 0.1) is 11.5 Å². The lowest BCUT2D eigenvalue weighted by molar-refractivity contribution is 0.557. The highest BCUT2D eigenvalue weighted by Gasteiger charge is 2.42. The Kier molecular flexibility index (Phi) is 3.73. The average molecular weight is 242 g/mol. The van der Waals surface area contributed by atoms with Gasteiger partial charge in [-0.2, -0.15) is 5.26 Å². The first-order valence-corrected chi connectivity index (χ1v) is 6.78.